The summed E-state index contributed by atoms with van der Waals surface area (Å²) in [4.78, 5) is 44.0. The van der Waals surface area contributed by atoms with E-state index in [0.717, 1.165) is 36.6 Å². The van der Waals surface area contributed by atoms with Crippen molar-refractivity contribution in [1.29, 1.82) is 5.26 Å². The molecular weight excluding hydrogens is 434 g/mol. The van der Waals surface area contributed by atoms with Gasteiger partial charge in [0.05, 0.1) is 13.2 Å². The second kappa shape index (κ2) is 9.01. The molecule has 4 heterocycles. The van der Waals surface area contributed by atoms with Crippen LogP contribution in [-0.4, -0.2) is 59.4 Å². The summed E-state index contributed by atoms with van der Waals surface area (Å²) < 4.78 is 5.42. The van der Waals surface area contributed by atoms with E-state index in [1.165, 1.54) is 0 Å². The van der Waals surface area contributed by atoms with E-state index in [2.05, 4.69) is 21.7 Å². The van der Waals surface area contributed by atoms with Crippen molar-refractivity contribution in [3.8, 4) is 11.8 Å². The van der Waals surface area contributed by atoms with E-state index in [9.17, 15) is 19.6 Å². The topological polar surface area (TPSA) is 127 Å². The van der Waals surface area contributed by atoms with Crippen molar-refractivity contribution in [3.63, 3.8) is 0 Å². The number of nitrogens with one attached hydrogen (secondary N) is 3. The summed E-state index contributed by atoms with van der Waals surface area (Å²) in [5.41, 5.74) is 1.22. The Kier molecular flexibility index (Phi) is 5.90. The molecule has 3 amide bonds. The van der Waals surface area contributed by atoms with Gasteiger partial charge in [-0.2, -0.15) is 5.26 Å². The standard InChI is InChI=1S/C25H29N5O4/c1-34-21-4-2-3-19-18(21)12-20(29-19)25(33)30-17-7-5-14(6-8-17)22(30)24(32)28-16(13-26)11-15-9-10-27-23(15)31/h2-4,12,14-17,22,29H,5-11H2,1H3,(H,27,31)(H,28,32)/t14?,15-,16-,17?,22+/m0/s1. The van der Waals surface area contributed by atoms with Gasteiger partial charge < -0.3 is 25.3 Å². The van der Waals surface area contributed by atoms with Gasteiger partial charge in [0.1, 0.15) is 23.5 Å². The number of nitrogens with zero attached hydrogens (tertiary/aromatic N) is 2. The Balaban J connectivity index is 1.38. The second-order valence-corrected chi connectivity index (χ2v) is 9.53. The van der Waals surface area contributed by atoms with Gasteiger partial charge in [0.2, 0.25) is 11.8 Å². The van der Waals surface area contributed by atoms with Gasteiger partial charge in [-0.1, -0.05) is 6.07 Å². The summed E-state index contributed by atoms with van der Waals surface area (Å²) in [5, 5.41) is 16.1. The molecule has 34 heavy (non-hydrogen) atoms. The first-order chi connectivity index (χ1) is 16.5. The van der Waals surface area contributed by atoms with E-state index >= 15 is 0 Å². The van der Waals surface area contributed by atoms with Crippen LogP contribution in [0.25, 0.3) is 10.9 Å². The fourth-order valence-electron chi connectivity index (χ4n) is 5.90. The summed E-state index contributed by atoms with van der Waals surface area (Å²) in [5.74, 6) is -0.126. The highest BCUT2D eigenvalue weighted by atomic mass is 16.5. The van der Waals surface area contributed by atoms with Crippen LogP contribution in [0.5, 0.6) is 5.75 Å². The molecule has 0 radical (unpaired) electrons. The van der Waals surface area contributed by atoms with E-state index in [1.807, 2.05) is 18.2 Å². The van der Waals surface area contributed by atoms with Crippen LogP contribution in [0.4, 0.5) is 0 Å². The molecule has 1 aromatic carbocycles. The molecule has 1 aromatic heterocycles. The Bertz CT molecular complexity index is 1160. The number of piperidine rings is 2. The number of carbonyl (C=O) groups excluding carboxylic acids is 3. The quantitative estimate of drug-likeness (QED) is 0.605. The highest BCUT2D eigenvalue weighted by Crippen LogP contribution is 2.41. The van der Waals surface area contributed by atoms with Crippen molar-refractivity contribution >= 4 is 28.6 Å². The molecule has 4 fully saturated rings. The Morgan fingerprint density at radius 3 is 2.74 bits per heavy atom. The lowest BCUT2D eigenvalue weighted by Crippen LogP contribution is -2.63. The molecule has 6 rings (SSSR count). The predicted octanol–water partition coefficient (Wildman–Crippen LogP) is 2.09. The lowest BCUT2D eigenvalue weighted by Gasteiger charge is -2.50. The zero-order valence-corrected chi connectivity index (χ0v) is 19.2. The van der Waals surface area contributed by atoms with Gasteiger partial charge in [0.25, 0.3) is 5.91 Å². The third-order valence-electron chi connectivity index (χ3n) is 7.61. The van der Waals surface area contributed by atoms with Crippen molar-refractivity contribution in [2.45, 2.75) is 56.7 Å². The summed E-state index contributed by atoms with van der Waals surface area (Å²) in [7, 11) is 1.59. The van der Waals surface area contributed by atoms with Crippen LogP contribution < -0.4 is 15.4 Å². The zero-order chi connectivity index (χ0) is 23.8. The molecule has 3 N–H and O–H groups in total. The van der Waals surface area contributed by atoms with Crippen LogP contribution in [0.2, 0.25) is 0 Å². The van der Waals surface area contributed by atoms with Gasteiger partial charge in [-0.05, 0) is 62.6 Å². The maximum absolute atomic E-state index is 13.7. The average Bonchev–Trinajstić information content (AvgIpc) is 3.49. The molecule has 3 aliphatic heterocycles. The molecule has 4 aliphatic rings. The normalized spacial score (nSPS) is 26.7. The van der Waals surface area contributed by atoms with E-state index in [0.29, 0.717) is 24.4 Å². The minimum absolute atomic E-state index is 0.0114. The van der Waals surface area contributed by atoms with E-state index < -0.39 is 12.1 Å². The first-order valence-electron chi connectivity index (χ1n) is 12.0. The number of hydrogen-bond acceptors (Lipinski definition) is 5. The number of fused-ring (bicyclic) bond motifs is 4. The average molecular weight is 464 g/mol. The first kappa shape index (κ1) is 22.3. The summed E-state index contributed by atoms with van der Waals surface area (Å²) in [6.45, 7) is 0.597. The molecule has 9 heteroatoms. The number of aromatic amines is 1. The number of rotatable bonds is 6. The zero-order valence-electron chi connectivity index (χ0n) is 19.2. The Labute approximate surface area is 197 Å². The number of H-pyrrole nitrogens is 1. The van der Waals surface area contributed by atoms with Gasteiger partial charge in [-0.25, -0.2) is 0 Å². The fourth-order valence-corrected chi connectivity index (χ4v) is 5.90. The van der Waals surface area contributed by atoms with Crippen LogP contribution >= 0.6 is 0 Å². The number of nitriles is 1. The molecular formula is C25H29N5O4. The molecule has 0 unspecified atom stereocenters. The number of hydrogen-bond donors (Lipinski definition) is 3. The smallest absolute Gasteiger partial charge is 0.271 e. The molecule has 0 spiro atoms. The van der Waals surface area contributed by atoms with Crippen LogP contribution in [0.1, 0.15) is 49.0 Å². The molecule has 1 saturated carbocycles. The number of carbonyl (C=O) groups is 3. The van der Waals surface area contributed by atoms with E-state index in [1.54, 1.807) is 18.1 Å². The molecule has 9 nitrogen and oxygen atoms in total. The Morgan fingerprint density at radius 2 is 2.06 bits per heavy atom. The van der Waals surface area contributed by atoms with Gasteiger partial charge in [-0.15, -0.1) is 0 Å². The summed E-state index contributed by atoms with van der Waals surface area (Å²) >= 11 is 0. The van der Waals surface area contributed by atoms with Crippen LogP contribution in [0, 0.1) is 23.2 Å². The van der Waals surface area contributed by atoms with Crippen LogP contribution in [0.3, 0.4) is 0 Å². The molecule has 2 aromatic rings. The summed E-state index contributed by atoms with van der Waals surface area (Å²) in [6, 6.07) is 8.10. The highest BCUT2D eigenvalue weighted by molar-refractivity contribution is 6.02. The predicted molar refractivity (Wildman–Crippen MR) is 124 cm³/mol. The molecule has 2 bridgehead atoms. The van der Waals surface area contributed by atoms with Crippen LogP contribution in [0.15, 0.2) is 24.3 Å². The highest BCUT2D eigenvalue weighted by Gasteiger charge is 2.48. The molecule has 178 valence electrons. The Morgan fingerprint density at radius 1 is 1.26 bits per heavy atom. The third kappa shape index (κ3) is 3.87. The monoisotopic (exact) mass is 463 g/mol. The first-order valence-corrected chi connectivity index (χ1v) is 12.0. The second-order valence-electron chi connectivity index (χ2n) is 9.53. The molecule has 3 atom stereocenters. The minimum Gasteiger partial charge on any atom is -0.496 e. The maximum atomic E-state index is 13.7. The number of ether oxygens (including phenoxy) is 1. The van der Waals surface area contributed by atoms with Crippen LogP contribution in [-0.2, 0) is 9.59 Å². The van der Waals surface area contributed by atoms with Crippen molar-refractivity contribution in [2.75, 3.05) is 13.7 Å². The summed E-state index contributed by atoms with van der Waals surface area (Å²) in [6.07, 6.45) is 4.45. The lowest BCUT2D eigenvalue weighted by molar-refractivity contribution is -0.133. The SMILES string of the molecule is COc1cccc2[nH]c(C(=O)N3C4CCC(CC4)[C@@H]3C(=O)N[C@H](C#N)C[C@@H]3CCNC3=O)cc12. The number of amides is 3. The van der Waals surface area contributed by atoms with Gasteiger partial charge in [0, 0.05) is 29.4 Å². The Hall–Kier alpha value is -3.54. The number of benzene rings is 1. The largest absolute Gasteiger partial charge is 0.496 e. The van der Waals surface area contributed by atoms with Crippen molar-refractivity contribution < 1.29 is 19.1 Å². The number of aromatic nitrogens is 1. The van der Waals surface area contributed by atoms with Crippen molar-refractivity contribution in [2.24, 2.45) is 11.8 Å². The fraction of sp³-hybridized carbons (Fsp3) is 0.520. The lowest BCUT2D eigenvalue weighted by atomic mass is 9.74. The van der Waals surface area contributed by atoms with E-state index in [-0.39, 0.29) is 42.0 Å². The minimum atomic E-state index is -0.768. The van der Waals surface area contributed by atoms with Gasteiger partial charge in [0.15, 0.2) is 0 Å². The molecule has 1 aliphatic carbocycles. The van der Waals surface area contributed by atoms with Crippen molar-refractivity contribution in [3.05, 3.63) is 30.0 Å². The van der Waals surface area contributed by atoms with Crippen molar-refractivity contribution in [1.82, 2.24) is 20.5 Å². The number of methoxy groups -OCH3 is 1. The maximum Gasteiger partial charge on any atom is 0.271 e. The molecule has 3 saturated heterocycles. The van der Waals surface area contributed by atoms with E-state index in [4.69, 9.17) is 4.74 Å². The van der Waals surface area contributed by atoms with Gasteiger partial charge >= 0.3 is 0 Å². The van der Waals surface area contributed by atoms with Gasteiger partial charge in [-0.3, -0.25) is 14.4 Å². The third-order valence-corrected chi connectivity index (χ3v) is 7.61.